The minimum Gasteiger partial charge on any atom is -0.457 e. The molecule has 0 radical (unpaired) electrons. The molecule has 4 heteroatoms. The molecule has 0 aliphatic heterocycles. The molecular formula is C16H12BrNO2. The highest BCUT2D eigenvalue weighted by molar-refractivity contribution is 9.10. The number of aromatic amines is 1. The van der Waals surface area contributed by atoms with Gasteiger partial charge < -0.3 is 9.72 Å². The zero-order valence-corrected chi connectivity index (χ0v) is 12.2. The van der Waals surface area contributed by atoms with Crippen LogP contribution < -0.4 is 0 Å². The number of halogens is 1. The first kappa shape index (κ1) is 12.9. The monoisotopic (exact) mass is 329 g/mol. The zero-order chi connectivity index (χ0) is 13.9. The average Bonchev–Trinajstić information content (AvgIpc) is 2.89. The van der Waals surface area contributed by atoms with Gasteiger partial charge in [-0.3, -0.25) is 0 Å². The maximum Gasteiger partial charge on any atom is 0.340 e. The maximum absolute atomic E-state index is 12.1. The van der Waals surface area contributed by atoms with Gasteiger partial charge in [-0.15, -0.1) is 0 Å². The number of carbonyl (C=O) groups excluding carboxylic acids is 1. The van der Waals surface area contributed by atoms with Crippen LogP contribution in [0.15, 0.2) is 59.2 Å². The van der Waals surface area contributed by atoms with Crippen LogP contribution in [0.3, 0.4) is 0 Å². The summed E-state index contributed by atoms with van der Waals surface area (Å²) < 4.78 is 6.28. The minimum absolute atomic E-state index is 0.278. The number of H-pyrrole nitrogens is 1. The van der Waals surface area contributed by atoms with Crippen molar-refractivity contribution in [3.8, 4) is 0 Å². The van der Waals surface area contributed by atoms with Crippen LogP contribution in [0.2, 0.25) is 0 Å². The van der Waals surface area contributed by atoms with Crippen molar-refractivity contribution in [2.24, 2.45) is 0 Å². The van der Waals surface area contributed by atoms with E-state index >= 15 is 0 Å². The second-order valence-corrected chi connectivity index (χ2v) is 5.37. The third-order valence-electron chi connectivity index (χ3n) is 3.08. The van der Waals surface area contributed by atoms with E-state index in [1.54, 1.807) is 6.20 Å². The first-order chi connectivity index (χ1) is 9.74. The Balaban J connectivity index is 1.80. The molecule has 0 amide bonds. The molecule has 1 heterocycles. The molecular weight excluding hydrogens is 318 g/mol. The van der Waals surface area contributed by atoms with Crippen LogP contribution >= 0.6 is 15.9 Å². The van der Waals surface area contributed by atoms with E-state index in [9.17, 15) is 4.79 Å². The van der Waals surface area contributed by atoms with Crippen molar-refractivity contribution < 1.29 is 9.53 Å². The predicted octanol–water partition coefficient (Wildman–Crippen LogP) is 4.29. The summed E-state index contributed by atoms with van der Waals surface area (Å²) in [5, 5.41) is 0.859. The van der Waals surface area contributed by atoms with Gasteiger partial charge in [0.25, 0.3) is 0 Å². The van der Waals surface area contributed by atoms with Crippen molar-refractivity contribution in [1.29, 1.82) is 0 Å². The lowest BCUT2D eigenvalue weighted by atomic mass is 10.2. The largest absolute Gasteiger partial charge is 0.457 e. The fourth-order valence-electron chi connectivity index (χ4n) is 2.06. The molecule has 0 saturated carbocycles. The Morgan fingerprint density at radius 1 is 1.15 bits per heavy atom. The number of nitrogens with one attached hydrogen (secondary N) is 1. The fourth-order valence-corrected chi connectivity index (χ4v) is 2.42. The molecule has 0 saturated heterocycles. The van der Waals surface area contributed by atoms with Crippen molar-refractivity contribution in [1.82, 2.24) is 4.98 Å². The van der Waals surface area contributed by atoms with E-state index < -0.39 is 0 Å². The first-order valence-corrected chi connectivity index (χ1v) is 7.01. The molecule has 3 nitrogen and oxygen atoms in total. The highest BCUT2D eigenvalue weighted by Crippen LogP contribution is 2.23. The molecule has 0 bridgehead atoms. The summed E-state index contributed by atoms with van der Waals surface area (Å²) in [6.45, 7) is 0.278. The summed E-state index contributed by atoms with van der Waals surface area (Å²) in [6.07, 6.45) is 1.68. The molecule has 3 rings (SSSR count). The lowest BCUT2D eigenvalue weighted by Crippen LogP contribution is -2.04. The Labute approximate surface area is 124 Å². The molecule has 0 unspecified atom stereocenters. The quantitative estimate of drug-likeness (QED) is 0.728. The van der Waals surface area contributed by atoms with E-state index in [0.717, 1.165) is 20.9 Å². The Kier molecular flexibility index (Phi) is 3.56. The van der Waals surface area contributed by atoms with Crippen molar-refractivity contribution in [3.63, 3.8) is 0 Å². The van der Waals surface area contributed by atoms with E-state index in [1.807, 2.05) is 48.5 Å². The number of ether oxygens (including phenoxy) is 1. The Morgan fingerprint density at radius 3 is 2.75 bits per heavy atom. The van der Waals surface area contributed by atoms with Gasteiger partial charge in [-0.1, -0.05) is 46.3 Å². The summed E-state index contributed by atoms with van der Waals surface area (Å²) >= 11 is 3.41. The van der Waals surface area contributed by atoms with Gasteiger partial charge in [0.05, 0.1) is 5.56 Å². The molecule has 0 aliphatic rings. The summed E-state index contributed by atoms with van der Waals surface area (Å²) in [4.78, 5) is 15.2. The molecule has 1 aromatic heterocycles. The van der Waals surface area contributed by atoms with Crippen LogP contribution in [0.1, 0.15) is 15.9 Å². The molecule has 0 atom stereocenters. The van der Waals surface area contributed by atoms with Gasteiger partial charge in [0.1, 0.15) is 6.61 Å². The predicted molar refractivity (Wildman–Crippen MR) is 81.6 cm³/mol. The van der Waals surface area contributed by atoms with Crippen molar-refractivity contribution >= 4 is 32.8 Å². The van der Waals surface area contributed by atoms with Crippen molar-refractivity contribution in [2.75, 3.05) is 0 Å². The number of rotatable bonds is 3. The topological polar surface area (TPSA) is 42.1 Å². The Morgan fingerprint density at radius 2 is 1.95 bits per heavy atom. The van der Waals surface area contributed by atoms with E-state index in [-0.39, 0.29) is 12.6 Å². The highest BCUT2D eigenvalue weighted by Gasteiger charge is 2.13. The molecule has 2 aromatic carbocycles. The number of aromatic nitrogens is 1. The second kappa shape index (κ2) is 5.51. The lowest BCUT2D eigenvalue weighted by molar-refractivity contribution is 0.0475. The van der Waals surface area contributed by atoms with Gasteiger partial charge in [-0.25, -0.2) is 4.79 Å². The van der Waals surface area contributed by atoms with Crippen LogP contribution in [0.4, 0.5) is 0 Å². The van der Waals surface area contributed by atoms with E-state index in [4.69, 9.17) is 4.74 Å². The number of fused-ring (bicyclic) bond motifs is 1. The van der Waals surface area contributed by atoms with Gasteiger partial charge in [0.2, 0.25) is 0 Å². The number of hydrogen-bond acceptors (Lipinski definition) is 2. The summed E-state index contributed by atoms with van der Waals surface area (Å²) in [5.41, 5.74) is 2.44. The molecule has 0 spiro atoms. The maximum atomic E-state index is 12.1. The van der Waals surface area contributed by atoms with Crippen molar-refractivity contribution in [3.05, 3.63) is 70.3 Å². The second-order valence-electron chi connectivity index (χ2n) is 4.45. The Bertz CT molecular complexity index is 750. The SMILES string of the molecule is O=C(OCc1ccccc1)c1c[nH]c2ccc(Br)cc12. The molecule has 100 valence electrons. The van der Waals surface area contributed by atoms with E-state index in [1.165, 1.54) is 0 Å². The van der Waals surface area contributed by atoms with Gasteiger partial charge in [0, 0.05) is 21.6 Å². The number of benzene rings is 2. The third kappa shape index (κ3) is 2.60. The van der Waals surface area contributed by atoms with Gasteiger partial charge in [-0.2, -0.15) is 0 Å². The normalized spacial score (nSPS) is 10.7. The van der Waals surface area contributed by atoms with Gasteiger partial charge >= 0.3 is 5.97 Å². The lowest BCUT2D eigenvalue weighted by Gasteiger charge is -2.04. The fraction of sp³-hybridized carbons (Fsp3) is 0.0625. The molecule has 1 N–H and O–H groups in total. The van der Waals surface area contributed by atoms with E-state index in [2.05, 4.69) is 20.9 Å². The first-order valence-electron chi connectivity index (χ1n) is 6.22. The summed E-state index contributed by atoms with van der Waals surface area (Å²) in [6, 6.07) is 15.4. The number of hydrogen-bond donors (Lipinski definition) is 1. The van der Waals surface area contributed by atoms with Crippen LogP contribution in [0.25, 0.3) is 10.9 Å². The highest BCUT2D eigenvalue weighted by atomic mass is 79.9. The van der Waals surface area contributed by atoms with Gasteiger partial charge in [0.15, 0.2) is 0 Å². The van der Waals surface area contributed by atoms with Crippen LogP contribution in [0.5, 0.6) is 0 Å². The van der Waals surface area contributed by atoms with E-state index in [0.29, 0.717) is 5.56 Å². The van der Waals surface area contributed by atoms with Crippen molar-refractivity contribution in [2.45, 2.75) is 6.61 Å². The number of carbonyl (C=O) groups is 1. The van der Waals surface area contributed by atoms with Crippen LogP contribution in [0, 0.1) is 0 Å². The molecule has 0 aliphatic carbocycles. The van der Waals surface area contributed by atoms with Gasteiger partial charge in [-0.05, 0) is 23.8 Å². The minimum atomic E-state index is -0.321. The van der Waals surface area contributed by atoms with Crippen LogP contribution in [-0.4, -0.2) is 11.0 Å². The molecule has 0 fully saturated rings. The summed E-state index contributed by atoms with van der Waals surface area (Å²) in [7, 11) is 0. The third-order valence-corrected chi connectivity index (χ3v) is 3.57. The average molecular weight is 330 g/mol. The zero-order valence-electron chi connectivity index (χ0n) is 10.6. The van der Waals surface area contributed by atoms with Crippen LogP contribution in [-0.2, 0) is 11.3 Å². The smallest absolute Gasteiger partial charge is 0.340 e. The standard InChI is InChI=1S/C16H12BrNO2/c17-12-6-7-15-13(8-12)14(9-18-15)16(19)20-10-11-4-2-1-3-5-11/h1-9,18H,10H2. The molecule has 3 aromatic rings. The number of esters is 1. The molecule has 20 heavy (non-hydrogen) atoms. The Hall–Kier alpha value is -2.07. The summed E-state index contributed by atoms with van der Waals surface area (Å²) in [5.74, 6) is -0.321.